The summed E-state index contributed by atoms with van der Waals surface area (Å²) in [6.45, 7) is 0.461. The Labute approximate surface area is 71.8 Å². The van der Waals surface area contributed by atoms with Crippen LogP contribution in [0.2, 0.25) is 0 Å². The number of hydrogen-bond acceptors (Lipinski definition) is 3. The van der Waals surface area contributed by atoms with E-state index >= 15 is 0 Å². The van der Waals surface area contributed by atoms with Gasteiger partial charge in [-0.1, -0.05) is 6.07 Å². The van der Waals surface area contributed by atoms with Crippen molar-refractivity contribution in [2.45, 2.75) is 11.4 Å². The van der Waals surface area contributed by atoms with Crippen LogP contribution >= 0.6 is 12.6 Å². The number of thiol groups is 1. The van der Waals surface area contributed by atoms with E-state index in [0.29, 0.717) is 6.54 Å². The van der Waals surface area contributed by atoms with Crippen LogP contribution in [0.1, 0.15) is 5.56 Å². The third-order valence-electron chi connectivity index (χ3n) is 1.53. The second-order valence-electron chi connectivity index (χ2n) is 2.16. The highest BCUT2D eigenvalue weighted by Crippen LogP contribution is 2.23. The Morgan fingerprint density at radius 2 is 2.27 bits per heavy atom. The second kappa shape index (κ2) is 3.64. The fourth-order valence-corrected chi connectivity index (χ4v) is 1.24. The standard InChI is InChI=1S/C8H11NOS/c1-10-7-3-2-4-8(11)6(7)5-9/h2-4,11H,5,9H2,1H3. The molecule has 0 aromatic heterocycles. The quantitative estimate of drug-likeness (QED) is 0.657. The fraction of sp³-hybridized carbons (Fsp3) is 0.250. The van der Waals surface area contributed by atoms with Gasteiger partial charge in [0.2, 0.25) is 0 Å². The Bertz CT molecular complexity index is 250. The van der Waals surface area contributed by atoms with E-state index < -0.39 is 0 Å². The van der Waals surface area contributed by atoms with Crippen molar-refractivity contribution in [3.63, 3.8) is 0 Å². The molecule has 0 radical (unpaired) electrons. The normalized spacial score (nSPS) is 9.73. The van der Waals surface area contributed by atoms with Crippen molar-refractivity contribution in [1.82, 2.24) is 0 Å². The molecule has 0 aliphatic carbocycles. The first kappa shape index (κ1) is 8.43. The van der Waals surface area contributed by atoms with Crippen LogP contribution in [-0.4, -0.2) is 7.11 Å². The van der Waals surface area contributed by atoms with Crippen LogP contribution in [0.3, 0.4) is 0 Å². The molecule has 2 nitrogen and oxygen atoms in total. The minimum absolute atomic E-state index is 0.461. The largest absolute Gasteiger partial charge is 0.496 e. The highest BCUT2D eigenvalue weighted by atomic mass is 32.1. The van der Waals surface area contributed by atoms with Crippen molar-refractivity contribution in [3.05, 3.63) is 23.8 Å². The summed E-state index contributed by atoms with van der Waals surface area (Å²) in [7, 11) is 1.63. The summed E-state index contributed by atoms with van der Waals surface area (Å²) in [5.74, 6) is 0.806. The number of rotatable bonds is 2. The molecule has 0 amide bonds. The van der Waals surface area contributed by atoms with Crippen LogP contribution in [0.4, 0.5) is 0 Å². The molecule has 2 N–H and O–H groups in total. The molecule has 3 heteroatoms. The molecule has 1 rings (SSSR count). The molecule has 0 spiro atoms. The maximum absolute atomic E-state index is 5.50. The van der Waals surface area contributed by atoms with E-state index in [-0.39, 0.29) is 0 Å². The van der Waals surface area contributed by atoms with Gasteiger partial charge in [0, 0.05) is 17.0 Å². The lowest BCUT2D eigenvalue weighted by molar-refractivity contribution is 0.408. The lowest BCUT2D eigenvalue weighted by atomic mass is 10.2. The molecule has 0 heterocycles. The lowest BCUT2D eigenvalue weighted by Crippen LogP contribution is -2.00. The summed E-state index contributed by atoms with van der Waals surface area (Å²) < 4.78 is 5.09. The van der Waals surface area contributed by atoms with E-state index in [1.807, 2.05) is 18.2 Å². The third-order valence-corrected chi connectivity index (χ3v) is 1.95. The molecule has 1 aromatic carbocycles. The molecule has 0 bridgehead atoms. The Kier molecular flexibility index (Phi) is 2.79. The summed E-state index contributed by atoms with van der Waals surface area (Å²) in [4.78, 5) is 0.881. The van der Waals surface area contributed by atoms with Gasteiger partial charge < -0.3 is 10.5 Å². The van der Waals surface area contributed by atoms with Gasteiger partial charge in [-0.3, -0.25) is 0 Å². The highest BCUT2D eigenvalue weighted by Gasteiger charge is 2.02. The minimum atomic E-state index is 0.461. The van der Waals surface area contributed by atoms with Gasteiger partial charge in [-0.15, -0.1) is 12.6 Å². The molecule has 0 saturated carbocycles. The number of benzene rings is 1. The van der Waals surface area contributed by atoms with Crippen LogP contribution in [0, 0.1) is 0 Å². The number of methoxy groups -OCH3 is 1. The lowest BCUT2D eigenvalue weighted by Gasteiger charge is -2.07. The van der Waals surface area contributed by atoms with Crippen LogP contribution in [0.25, 0.3) is 0 Å². The predicted molar refractivity (Wildman–Crippen MR) is 48.1 cm³/mol. The van der Waals surface area contributed by atoms with Gasteiger partial charge in [-0.05, 0) is 12.1 Å². The summed E-state index contributed by atoms with van der Waals surface area (Å²) in [6, 6.07) is 5.66. The summed E-state index contributed by atoms with van der Waals surface area (Å²) >= 11 is 4.24. The zero-order valence-electron chi connectivity index (χ0n) is 6.37. The van der Waals surface area contributed by atoms with Gasteiger partial charge >= 0.3 is 0 Å². The van der Waals surface area contributed by atoms with Crippen LogP contribution in [-0.2, 0) is 6.54 Å². The summed E-state index contributed by atoms with van der Waals surface area (Å²) in [6.07, 6.45) is 0. The Morgan fingerprint density at radius 3 is 2.73 bits per heavy atom. The van der Waals surface area contributed by atoms with Crippen molar-refractivity contribution in [1.29, 1.82) is 0 Å². The average Bonchev–Trinajstić information content (AvgIpc) is 2.04. The molecular formula is C8H11NOS. The summed E-state index contributed by atoms with van der Waals surface area (Å²) in [5, 5.41) is 0. The Morgan fingerprint density at radius 1 is 1.55 bits per heavy atom. The molecule has 11 heavy (non-hydrogen) atoms. The van der Waals surface area contributed by atoms with Crippen LogP contribution < -0.4 is 10.5 Å². The molecule has 0 atom stereocenters. The number of ether oxygens (including phenoxy) is 1. The first-order valence-corrected chi connectivity index (χ1v) is 3.79. The summed E-state index contributed by atoms with van der Waals surface area (Å²) in [5.41, 5.74) is 6.45. The van der Waals surface area contributed by atoms with E-state index in [0.717, 1.165) is 16.2 Å². The maximum atomic E-state index is 5.50. The van der Waals surface area contributed by atoms with Gasteiger partial charge in [0.05, 0.1) is 7.11 Å². The van der Waals surface area contributed by atoms with Crippen LogP contribution in [0.15, 0.2) is 23.1 Å². The van der Waals surface area contributed by atoms with E-state index in [4.69, 9.17) is 10.5 Å². The third kappa shape index (κ3) is 1.67. The van der Waals surface area contributed by atoms with E-state index in [9.17, 15) is 0 Å². The van der Waals surface area contributed by atoms with Gasteiger partial charge in [-0.2, -0.15) is 0 Å². The van der Waals surface area contributed by atoms with Gasteiger partial charge in [0.25, 0.3) is 0 Å². The van der Waals surface area contributed by atoms with Crippen molar-refractivity contribution in [3.8, 4) is 5.75 Å². The van der Waals surface area contributed by atoms with Gasteiger partial charge in [0.15, 0.2) is 0 Å². The number of nitrogens with two attached hydrogens (primary N) is 1. The molecule has 1 aromatic rings. The molecule has 0 aliphatic rings. The Balaban J connectivity index is 3.13. The Hall–Kier alpha value is -0.670. The monoisotopic (exact) mass is 169 g/mol. The first-order chi connectivity index (χ1) is 5.29. The molecule has 0 aliphatic heterocycles. The van der Waals surface area contributed by atoms with Crippen molar-refractivity contribution in [2.75, 3.05) is 7.11 Å². The van der Waals surface area contributed by atoms with Crippen molar-refractivity contribution >= 4 is 12.6 Å². The fourth-order valence-electron chi connectivity index (χ4n) is 0.950. The predicted octanol–water partition coefficient (Wildman–Crippen LogP) is 1.44. The molecule has 60 valence electrons. The zero-order chi connectivity index (χ0) is 8.27. The van der Waals surface area contributed by atoms with E-state index in [1.165, 1.54) is 0 Å². The van der Waals surface area contributed by atoms with Crippen LogP contribution in [0.5, 0.6) is 5.75 Å². The smallest absolute Gasteiger partial charge is 0.124 e. The molecule has 0 unspecified atom stereocenters. The molecule has 0 fully saturated rings. The van der Waals surface area contributed by atoms with Gasteiger partial charge in [-0.25, -0.2) is 0 Å². The average molecular weight is 169 g/mol. The zero-order valence-corrected chi connectivity index (χ0v) is 7.27. The topological polar surface area (TPSA) is 35.2 Å². The minimum Gasteiger partial charge on any atom is -0.496 e. The maximum Gasteiger partial charge on any atom is 0.124 e. The second-order valence-corrected chi connectivity index (χ2v) is 2.64. The van der Waals surface area contributed by atoms with E-state index in [2.05, 4.69) is 12.6 Å². The molecule has 0 saturated heterocycles. The van der Waals surface area contributed by atoms with Gasteiger partial charge in [0.1, 0.15) is 5.75 Å². The number of hydrogen-bond donors (Lipinski definition) is 2. The van der Waals surface area contributed by atoms with Crippen molar-refractivity contribution in [2.24, 2.45) is 5.73 Å². The first-order valence-electron chi connectivity index (χ1n) is 3.34. The SMILES string of the molecule is COc1cccc(S)c1CN. The van der Waals surface area contributed by atoms with E-state index in [1.54, 1.807) is 7.11 Å². The van der Waals surface area contributed by atoms with Crippen molar-refractivity contribution < 1.29 is 4.74 Å². The molecular weight excluding hydrogens is 158 g/mol. The highest BCUT2D eigenvalue weighted by molar-refractivity contribution is 7.80.